The van der Waals surface area contributed by atoms with Crippen LogP contribution in [0.25, 0.3) is 0 Å². The minimum atomic E-state index is -0.892. The molecule has 0 fully saturated rings. The van der Waals surface area contributed by atoms with E-state index < -0.39 is 30.6 Å². The van der Waals surface area contributed by atoms with Gasteiger partial charge in [-0.05, 0) is 36.5 Å². The first-order valence-corrected chi connectivity index (χ1v) is 9.05. The Hall–Kier alpha value is -2.29. The molecule has 0 radical (unpaired) electrons. The molecule has 0 aliphatic carbocycles. The van der Waals surface area contributed by atoms with Crippen molar-refractivity contribution >= 4 is 29.7 Å². The highest BCUT2D eigenvalue weighted by Gasteiger charge is 2.21. The molecule has 7 nitrogen and oxygen atoms in total. The Kier molecular flexibility index (Phi) is 9.38. The van der Waals surface area contributed by atoms with Crippen LogP contribution in [0.2, 0.25) is 0 Å². The van der Waals surface area contributed by atoms with E-state index in [-0.39, 0.29) is 12.4 Å². The number of ether oxygens (including phenoxy) is 1. The normalized spacial score (nSPS) is 11.4. The van der Waals surface area contributed by atoms with E-state index in [9.17, 15) is 18.8 Å². The number of thioether (sulfide) groups is 1. The van der Waals surface area contributed by atoms with Gasteiger partial charge in [-0.2, -0.15) is 11.8 Å². The molecule has 1 atom stereocenters. The van der Waals surface area contributed by atoms with Gasteiger partial charge in [0.1, 0.15) is 11.9 Å². The Labute approximate surface area is 149 Å². The van der Waals surface area contributed by atoms with Gasteiger partial charge in [-0.25, -0.2) is 14.0 Å². The Morgan fingerprint density at radius 2 is 2.04 bits per heavy atom. The lowest BCUT2D eigenvalue weighted by Gasteiger charge is -2.15. The summed E-state index contributed by atoms with van der Waals surface area (Å²) in [5.74, 6) is -0.948. The molecule has 1 aromatic carbocycles. The number of benzene rings is 1. The third-order valence-corrected chi connectivity index (χ3v) is 3.88. The van der Waals surface area contributed by atoms with E-state index in [1.54, 1.807) is 18.2 Å². The molecular weight excluding hydrogens is 349 g/mol. The highest BCUT2D eigenvalue weighted by Crippen LogP contribution is 2.06. The van der Waals surface area contributed by atoms with E-state index in [0.717, 1.165) is 0 Å². The fourth-order valence-electron chi connectivity index (χ4n) is 1.98. The molecule has 0 bridgehead atoms. The molecular formula is C16H22FN3O4S. The van der Waals surface area contributed by atoms with Gasteiger partial charge in [0.15, 0.2) is 6.61 Å². The zero-order valence-electron chi connectivity index (χ0n) is 13.9. The molecule has 1 rings (SSSR count). The summed E-state index contributed by atoms with van der Waals surface area (Å²) in [5, 5.41) is 4.82. The lowest BCUT2D eigenvalue weighted by atomic mass is 10.1. The van der Waals surface area contributed by atoms with Crippen LogP contribution in [0.5, 0.6) is 0 Å². The number of esters is 1. The zero-order chi connectivity index (χ0) is 18.7. The SMILES string of the molecule is CSCC[C@H](NC(N)=O)C(=O)OCC(=O)NCCc1ccccc1F. The maximum atomic E-state index is 13.4. The molecule has 9 heteroatoms. The van der Waals surface area contributed by atoms with Crippen LogP contribution >= 0.6 is 11.8 Å². The van der Waals surface area contributed by atoms with E-state index in [1.165, 1.54) is 17.8 Å². The molecule has 0 aromatic heterocycles. The number of primary amides is 1. The Bertz CT molecular complexity index is 600. The summed E-state index contributed by atoms with van der Waals surface area (Å²) in [4.78, 5) is 34.5. The Balaban J connectivity index is 2.34. The van der Waals surface area contributed by atoms with Gasteiger partial charge < -0.3 is 21.1 Å². The number of amides is 3. The van der Waals surface area contributed by atoms with Gasteiger partial charge in [-0.3, -0.25) is 4.79 Å². The Morgan fingerprint density at radius 3 is 2.68 bits per heavy atom. The number of hydrogen-bond acceptors (Lipinski definition) is 5. The van der Waals surface area contributed by atoms with E-state index in [2.05, 4.69) is 10.6 Å². The van der Waals surface area contributed by atoms with Crippen LogP contribution in [0, 0.1) is 5.82 Å². The number of rotatable bonds is 10. The van der Waals surface area contributed by atoms with Gasteiger partial charge in [0, 0.05) is 6.54 Å². The van der Waals surface area contributed by atoms with Crippen molar-refractivity contribution in [1.29, 1.82) is 0 Å². The second kappa shape index (κ2) is 11.3. The molecule has 4 N–H and O–H groups in total. The minimum Gasteiger partial charge on any atom is -0.454 e. The quantitative estimate of drug-likeness (QED) is 0.527. The molecule has 0 heterocycles. The number of urea groups is 1. The fourth-order valence-corrected chi connectivity index (χ4v) is 2.45. The molecule has 0 aliphatic heterocycles. The lowest BCUT2D eigenvalue weighted by molar-refractivity contribution is -0.150. The largest absolute Gasteiger partial charge is 0.454 e. The fraction of sp³-hybridized carbons (Fsp3) is 0.438. The molecule has 0 unspecified atom stereocenters. The standard InChI is InChI=1S/C16H22FN3O4S/c1-25-9-7-13(20-16(18)23)15(22)24-10-14(21)19-8-6-11-4-2-3-5-12(11)17/h2-5,13H,6-10H2,1H3,(H,19,21)(H3,18,20,23)/t13-/m0/s1. The summed E-state index contributed by atoms with van der Waals surface area (Å²) < 4.78 is 18.3. The van der Waals surface area contributed by atoms with E-state index in [4.69, 9.17) is 10.5 Å². The molecule has 25 heavy (non-hydrogen) atoms. The van der Waals surface area contributed by atoms with Crippen molar-refractivity contribution < 1.29 is 23.5 Å². The smallest absolute Gasteiger partial charge is 0.329 e. The van der Waals surface area contributed by atoms with Gasteiger partial charge in [0.25, 0.3) is 5.91 Å². The molecule has 0 saturated carbocycles. The van der Waals surface area contributed by atoms with Gasteiger partial charge in [0.05, 0.1) is 0 Å². The number of carbonyl (C=O) groups is 3. The van der Waals surface area contributed by atoms with Gasteiger partial charge in [0.2, 0.25) is 0 Å². The zero-order valence-corrected chi connectivity index (χ0v) is 14.7. The topological polar surface area (TPSA) is 111 Å². The van der Waals surface area contributed by atoms with E-state index in [1.807, 2.05) is 6.26 Å². The minimum absolute atomic E-state index is 0.215. The first kappa shape index (κ1) is 20.8. The van der Waals surface area contributed by atoms with Crippen LogP contribution in [0.15, 0.2) is 24.3 Å². The summed E-state index contributed by atoms with van der Waals surface area (Å²) in [6.07, 6.45) is 2.53. The van der Waals surface area contributed by atoms with Crippen molar-refractivity contribution in [2.75, 3.05) is 25.2 Å². The van der Waals surface area contributed by atoms with E-state index in [0.29, 0.717) is 24.2 Å². The highest BCUT2D eigenvalue weighted by molar-refractivity contribution is 7.98. The monoisotopic (exact) mass is 371 g/mol. The van der Waals surface area contributed by atoms with Crippen molar-refractivity contribution in [3.8, 4) is 0 Å². The number of hydrogen-bond donors (Lipinski definition) is 3. The van der Waals surface area contributed by atoms with Crippen LogP contribution in [-0.2, 0) is 20.7 Å². The van der Waals surface area contributed by atoms with Crippen molar-refractivity contribution in [2.24, 2.45) is 5.73 Å². The average molecular weight is 371 g/mol. The van der Waals surface area contributed by atoms with Crippen molar-refractivity contribution in [3.05, 3.63) is 35.6 Å². The summed E-state index contributed by atoms with van der Waals surface area (Å²) in [5.41, 5.74) is 5.51. The van der Waals surface area contributed by atoms with Crippen molar-refractivity contribution in [2.45, 2.75) is 18.9 Å². The van der Waals surface area contributed by atoms with Crippen LogP contribution in [0.4, 0.5) is 9.18 Å². The molecule has 1 aromatic rings. The van der Waals surface area contributed by atoms with Crippen LogP contribution in [0.1, 0.15) is 12.0 Å². The van der Waals surface area contributed by atoms with Crippen LogP contribution in [0.3, 0.4) is 0 Å². The first-order valence-electron chi connectivity index (χ1n) is 7.65. The molecule has 0 spiro atoms. The van der Waals surface area contributed by atoms with Gasteiger partial charge in [-0.1, -0.05) is 18.2 Å². The Morgan fingerprint density at radius 1 is 1.32 bits per heavy atom. The second-order valence-corrected chi connectivity index (χ2v) is 6.13. The number of carbonyl (C=O) groups excluding carboxylic acids is 3. The van der Waals surface area contributed by atoms with E-state index >= 15 is 0 Å². The number of halogens is 1. The maximum Gasteiger partial charge on any atom is 0.329 e. The summed E-state index contributed by atoms with van der Waals surface area (Å²) >= 11 is 1.50. The molecule has 3 amide bonds. The summed E-state index contributed by atoms with van der Waals surface area (Å²) in [6, 6.07) is 4.55. The van der Waals surface area contributed by atoms with Crippen LogP contribution in [-0.4, -0.2) is 49.1 Å². The van der Waals surface area contributed by atoms with Gasteiger partial charge in [-0.15, -0.1) is 0 Å². The number of nitrogens with two attached hydrogens (primary N) is 1. The first-order chi connectivity index (χ1) is 11.9. The highest BCUT2D eigenvalue weighted by atomic mass is 32.2. The molecule has 138 valence electrons. The predicted molar refractivity (Wildman–Crippen MR) is 93.6 cm³/mol. The molecule has 0 saturated heterocycles. The summed E-state index contributed by atoms with van der Waals surface area (Å²) in [6.45, 7) is -0.265. The second-order valence-electron chi connectivity index (χ2n) is 5.14. The van der Waals surface area contributed by atoms with Crippen LogP contribution < -0.4 is 16.4 Å². The van der Waals surface area contributed by atoms with Crippen molar-refractivity contribution in [3.63, 3.8) is 0 Å². The third-order valence-electron chi connectivity index (χ3n) is 3.23. The van der Waals surface area contributed by atoms with Gasteiger partial charge >= 0.3 is 12.0 Å². The third kappa shape index (κ3) is 8.39. The lowest BCUT2D eigenvalue weighted by Crippen LogP contribution is -2.45. The average Bonchev–Trinajstić information content (AvgIpc) is 2.57. The van der Waals surface area contributed by atoms with Crippen molar-refractivity contribution in [1.82, 2.24) is 10.6 Å². The molecule has 0 aliphatic rings. The summed E-state index contributed by atoms with van der Waals surface area (Å²) in [7, 11) is 0. The maximum absolute atomic E-state index is 13.4. The number of nitrogens with one attached hydrogen (secondary N) is 2. The predicted octanol–water partition coefficient (Wildman–Crippen LogP) is 0.818.